The van der Waals surface area contributed by atoms with E-state index < -0.39 is 5.54 Å². The molecule has 0 saturated heterocycles. The maximum absolute atomic E-state index is 12.2. The first kappa shape index (κ1) is 12.9. The number of pyridine rings is 1. The van der Waals surface area contributed by atoms with Crippen LogP contribution in [0.15, 0.2) is 24.8 Å². The lowest BCUT2D eigenvalue weighted by molar-refractivity contribution is -0.146. The second kappa shape index (κ2) is 4.21. The number of hydrogen-bond donors (Lipinski definition) is 1. The molecule has 2 heterocycles. The zero-order chi connectivity index (χ0) is 14.5. The molecule has 1 aliphatic carbocycles. The highest BCUT2D eigenvalue weighted by atomic mass is 35.5. The lowest BCUT2D eigenvalue weighted by Crippen LogP contribution is -2.32. The Morgan fingerprint density at radius 2 is 2.45 bits per heavy atom. The van der Waals surface area contributed by atoms with Gasteiger partial charge in [0.25, 0.3) is 0 Å². The number of rotatable bonds is 3. The Kier molecular flexibility index (Phi) is 2.72. The van der Waals surface area contributed by atoms with Crippen molar-refractivity contribution in [3.8, 4) is 0 Å². The fourth-order valence-electron chi connectivity index (χ4n) is 2.57. The zero-order valence-corrected chi connectivity index (χ0v) is 11.6. The minimum atomic E-state index is -0.913. The molecule has 7 heteroatoms. The molecule has 1 aliphatic rings. The highest BCUT2D eigenvalue weighted by Gasteiger charge is 2.63. The highest BCUT2D eigenvalue weighted by molar-refractivity contribution is 6.29. The number of nitrogen functional groups attached to an aromatic ring is 1. The number of nitrogens with two attached hydrogens (primary N) is 1. The molecular weight excluding hydrogens is 280 g/mol. The van der Waals surface area contributed by atoms with Crippen molar-refractivity contribution in [1.82, 2.24) is 14.8 Å². The van der Waals surface area contributed by atoms with Crippen molar-refractivity contribution in [2.24, 2.45) is 5.92 Å². The summed E-state index contributed by atoms with van der Waals surface area (Å²) in [5.41, 5.74) is 5.45. The van der Waals surface area contributed by atoms with Crippen LogP contribution in [0.2, 0.25) is 5.15 Å². The number of methoxy groups -OCH3 is 1. The summed E-state index contributed by atoms with van der Waals surface area (Å²) in [6, 6.07) is 3.37. The zero-order valence-electron chi connectivity index (χ0n) is 10.8. The van der Waals surface area contributed by atoms with Crippen LogP contribution in [0.4, 0.5) is 5.82 Å². The topological polar surface area (TPSA) is 83.0 Å². The van der Waals surface area contributed by atoms with E-state index >= 15 is 0 Å². The summed E-state index contributed by atoms with van der Waals surface area (Å²) in [4.78, 5) is 16.4. The van der Waals surface area contributed by atoms with E-state index in [0.29, 0.717) is 28.4 Å². The molecule has 20 heavy (non-hydrogen) atoms. The van der Waals surface area contributed by atoms with Crippen LogP contribution >= 0.6 is 11.6 Å². The number of hydrogen-bond acceptors (Lipinski definition) is 5. The number of carbonyl (C=O) groups excluding carboxylic acids is 1. The summed E-state index contributed by atoms with van der Waals surface area (Å²) >= 11 is 5.92. The van der Waals surface area contributed by atoms with Gasteiger partial charge in [-0.3, -0.25) is 0 Å². The van der Waals surface area contributed by atoms with Crippen LogP contribution in [0.3, 0.4) is 0 Å². The fourth-order valence-corrected chi connectivity index (χ4v) is 2.71. The molecule has 2 aromatic heterocycles. The van der Waals surface area contributed by atoms with Crippen LogP contribution in [-0.4, -0.2) is 27.8 Å². The fraction of sp³-hybridized carbons (Fsp3) is 0.308. The Bertz CT molecular complexity index is 726. The third-order valence-corrected chi connectivity index (χ3v) is 3.92. The summed E-state index contributed by atoms with van der Waals surface area (Å²) < 4.78 is 6.42. The molecule has 1 saturated carbocycles. The normalized spacial score (nSPS) is 24.6. The van der Waals surface area contributed by atoms with Gasteiger partial charge in [0.15, 0.2) is 17.0 Å². The molecule has 2 aromatic rings. The lowest BCUT2D eigenvalue weighted by atomic mass is 10.2. The quantitative estimate of drug-likeness (QED) is 0.529. The van der Waals surface area contributed by atoms with Crippen LogP contribution in [0.25, 0.3) is 11.0 Å². The van der Waals surface area contributed by atoms with Crippen LogP contribution in [0, 0.1) is 5.92 Å². The minimum Gasteiger partial charge on any atom is -0.467 e. The van der Waals surface area contributed by atoms with Gasteiger partial charge in [-0.25, -0.2) is 14.5 Å². The minimum absolute atomic E-state index is 0.0572. The van der Waals surface area contributed by atoms with E-state index in [4.69, 9.17) is 22.1 Å². The van der Waals surface area contributed by atoms with Crippen molar-refractivity contribution in [1.29, 1.82) is 0 Å². The van der Waals surface area contributed by atoms with Crippen molar-refractivity contribution in [2.75, 3.05) is 12.8 Å². The molecule has 0 amide bonds. The molecule has 0 aliphatic heterocycles. The summed E-state index contributed by atoms with van der Waals surface area (Å²) in [6.07, 6.45) is 2.28. The third-order valence-electron chi connectivity index (χ3n) is 3.71. The van der Waals surface area contributed by atoms with Crippen LogP contribution < -0.4 is 5.73 Å². The molecule has 0 unspecified atom stereocenters. The average Bonchev–Trinajstić information content (AvgIpc) is 3.10. The lowest BCUT2D eigenvalue weighted by Gasteiger charge is -2.15. The Morgan fingerprint density at radius 1 is 1.70 bits per heavy atom. The van der Waals surface area contributed by atoms with Gasteiger partial charge in [-0.05, 0) is 18.6 Å². The predicted molar refractivity (Wildman–Crippen MR) is 75.2 cm³/mol. The Hall–Kier alpha value is -2.08. The largest absolute Gasteiger partial charge is 0.467 e. The van der Waals surface area contributed by atoms with Gasteiger partial charge in [0, 0.05) is 5.92 Å². The van der Waals surface area contributed by atoms with E-state index in [-0.39, 0.29) is 11.9 Å². The van der Waals surface area contributed by atoms with Gasteiger partial charge >= 0.3 is 5.97 Å². The Labute approximate surface area is 120 Å². The van der Waals surface area contributed by atoms with Crippen molar-refractivity contribution in [3.05, 3.63) is 29.9 Å². The van der Waals surface area contributed by atoms with E-state index in [9.17, 15) is 4.79 Å². The van der Waals surface area contributed by atoms with E-state index in [0.717, 1.165) is 0 Å². The highest BCUT2D eigenvalue weighted by Crippen LogP contribution is 2.53. The number of carbonyl (C=O) groups is 1. The molecular formula is C13H13ClN4O2. The second-order valence-corrected chi connectivity index (χ2v) is 5.15. The summed E-state index contributed by atoms with van der Waals surface area (Å²) in [6.45, 7) is 3.74. The summed E-state index contributed by atoms with van der Waals surface area (Å²) in [5.74, 6) is -0.131. The molecule has 0 spiro atoms. The number of ether oxygens (including phenoxy) is 1. The molecule has 0 aromatic carbocycles. The first-order chi connectivity index (χ1) is 9.54. The standard InChI is InChI=1S/C13H13ClN4O2/c1-3-7-6-13(7,12(19)20-2)18-11-8(10(15)17-18)4-5-9(14)16-11/h3-5,7H,1,6H2,2H3,(H2,15,17)/t7-,13-/m0/s1. The van der Waals surface area contributed by atoms with Crippen molar-refractivity contribution in [3.63, 3.8) is 0 Å². The van der Waals surface area contributed by atoms with Gasteiger partial charge in [0.2, 0.25) is 0 Å². The maximum Gasteiger partial charge on any atom is 0.334 e. The summed E-state index contributed by atoms with van der Waals surface area (Å²) in [7, 11) is 1.35. The van der Waals surface area contributed by atoms with Gasteiger partial charge in [-0.15, -0.1) is 6.58 Å². The second-order valence-electron chi connectivity index (χ2n) is 4.76. The Balaban J connectivity index is 2.26. The van der Waals surface area contributed by atoms with Crippen molar-refractivity contribution >= 4 is 34.4 Å². The molecule has 1 fully saturated rings. The molecule has 0 bridgehead atoms. The molecule has 2 atom stereocenters. The monoisotopic (exact) mass is 292 g/mol. The van der Waals surface area contributed by atoms with Gasteiger partial charge in [-0.1, -0.05) is 17.7 Å². The predicted octanol–water partition coefficient (Wildman–Crippen LogP) is 1.74. The van der Waals surface area contributed by atoms with Crippen LogP contribution in [0.5, 0.6) is 0 Å². The first-order valence-electron chi connectivity index (χ1n) is 6.06. The smallest absolute Gasteiger partial charge is 0.334 e. The van der Waals surface area contributed by atoms with E-state index in [1.54, 1.807) is 18.2 Å². The van der Waals surface area contributed by atoms with E-state index in [2.05, 4.69) is 16.7 Å². The van der Waals surface area contributed by atoms with E-state index in [1.165, 1.54) is 11.8 Å². The van der Waals surface area contributed by atoms with Crippen molar-refractivity contribution < 1.29 is 9.53 Å². The van der Waals surface area contributed by atoms with Gasteiger partial charge in [0.05, 0.1) is 12.5 Å². The molecule has 6 nitrogen and oxygen atoms in total. The van der Waals surface area contributed by atoms with Gasteiger partial charge < -0.3 is 10.5 Å². The van der Waals surface area contributed by atoms with E-state index in [1.807, 2.05) is 0 Å². The molecule has 104 valence electrons. The van der Waals surface area contributed by atoms with Crippen LogP contribution in [-0.2, 0) is 15.1 Å². The number of esters is 1. The molecule has 3 rings (SSSR count). The maximum atomic E-state index is 12.2. The number of fused-ring (bicyclic) bond motifs is 1. The third kappa shape index (κ3) is 1.54. The van der Waals surface area contributed by atoms with Gasteiger partial charge in [0.1, 0.15) is 5.15 Å². The van der Waals surface area contributed by atoms with Gasteiger partial charge in [-0.2, -0.15) is 5.10 Å². The average molecular weight is 293 g/mol. The number of halogens is 1. The molecule has 0 radical (unpaired) electrons. The van der Waals surface area contributed by atoms with Crippen molar-refractivity contribution in [2.45, 2.75) is 12.0 Å². The number of anilines is 1. The SMILES string of the molecule is C=C[C@H]1C[C@]1(C(=O)OC)n1nc(N)c2ccc(Cl)nc21. The number of nitrogens with zero attached hydrogens (tertiary/aromatic N) is 3. The number of aromatic nitrogens is 3. The van der Waals surface area contributed by atoms with Crippen LogP contribution in [0.1, 0.15) is 6.42 Å². The first-order valence-corrected chi connectivity index (χ1v) is 6.44. The Morgan fingerprint density at radius 3 is 3.05 bits per heavy atom. The molecule has 2 N–H and O–H groups in total. The summed E-state index contributed by atoms with van der Waals surface area (Å²) in [5, 5.41) is 5.23. The number of allylic oxidation sites excluding steroid dienone is 1.